The summed E-state index contributed by atoms with van der Waals surface area (Å²) in [5.74, 6) is 0.741. The second-order valence-corrected chi connectivity index (χ2v) is 10.7. The van der Waals surface area contributed by atoms with E-state index in [4.69, 9.17) is 0 Å². The third kappa shape index (κ3) is 4.07. The van der Waals surface area contributed by atoms with E-state index in [0.29, 0.717) is 16.3 Å². The highest BCUT2D eigenvalue weighted by atomic mass is 32.1. The molecule has 1 spiro atoms. The first-order valence-electron chi connectivity index (χ1n) is 11.2. The Morgan fingerprint density at radius 2 is 2.00 bits per heavy atom. The molecule has 1 aliphatic carbocycles. The van der Waals surface area contributed by atoms with Crippen LogP contribution in [0.1, 0.15) is 29.7 Å². The number of thiophene rings is 1. The van der Waals surface area contributed by atoms with E-state index in [0.717, 1.165) is 72.6 Å². The lowest BCUT2D eigenvalue weighted by atomic mass is 9.78. The second kappa shape index (κ2) is 7.81. The molecular formula is C23H23F3N6OS. The van der Waals surface area contributed by atoms with E-state index in [1.807, 2.05) is 18.2 Å². The Morgan fingerprint density at radius 3 is 2.82 bits per heavy atom. The fraction of sp³-hybridized carbons (Fsp3) is 0.435. The number of nitrogens with one attached hydrogen (secondary N) is 3. The van der Waals surface area contributed by atoms with Crippen LogP contribution in [0.15, 0.2) is 35.4 Å². The topological polar surface area (TPSA) is 89.7 Å². The lowest BCUT2D eigenvalue weighted by Crippen LogP contribution is -2.56. The van der Waals surface area contributed by atoms with Crippen molar-refractivity contribution in [2.45, 2.75) is 44.4 Å². The maximum Gasteiger partial charge on any atom is 0.393 e. The van der Waals surface area contributed by atoms with Crippen molar-refractivity contribution in [3.05, 3.63) is 51.5 Å². The Hall–Kier alpha value is -2.92. The van der Waals surface area contributed by atoms with Crippen molar-refractivity contribution >= 4 is 38.4 Å². The first-order valence-corrected chi connectivity index (χ1v) is 12.1. The van der Waals surface area contributed by atoms with Crippen molar-refractivity contribution in [3.8, 4) is 0 Å². The molecule has 2 aliphatic rings. The molecule has 0 bridgehead atoms. The normalized spacial score (nSPS) is 20.0. The van der Waals surface area contributed by atoms with Crippen molar-refractivity contribution in [1.82, 2.24) is 25.3 Å². The summed E-state index contributed by atoms with van der Waals surface area (Å²) in [6.07, 6.45) is -0.454. The Bertz CT molecular complexity index is 1420. The monoisotopic (exact) mass is 488 g/mol. The minimum absolute atomic E-state index is 0.202. The molecule has 3 aromatic heterocycles. The number of imidazole rings is 1. The zero-order chi connectivity index (χ0) is 23.5. The van der Waals surface area contributed by atoms with Gasteiger partial charge in [0.25, 0.3) is 0 Å². The van der Waals surface area contributed by atoms with Crippen molar-refractivity contribution in [2.75, 3.05) is 18.0 Å². The molecule has 1 aromatic carbocycles. The fourth-order valence-electron chi connectivity index (χ4n) is 5.46. The maximum atomic E-state index is 12.8. The predicted molar refractivity (Wildman–Crippen MR) is 125 cm³/mol. The molecule has 1 atom stereocenters. The van der Waals surface area contributed by atoms with Crippen LogP contribution in [-0.2, 0) is 13.0 Å². The molecule has 0 amide bonds. The standard InChI is InChI=1S/C23H23F3N6OS/c24-23(25,26)8-15-6-16-19(28-12-29-20(16)34-15)32-10-22(11-32)4-3-14(7-22)27-9-13-1-2-17-18(5-13)31-21(33)30-17/h1-2,5-6,12,14,27H,3-4,7-11H2,(H2,30,31,33)/t14-/m0/s1. The number of anilines is 1. The van der Waals surface area contributed by atoms with Gasteiger partial charge in [0, 0.05) is 36.0 Å². The van der Waals surface area contributed by atoms with Crippen LogP contribution in [0.2, 0.25) is 0 Å². The third-order valence-electron chi connectivity index (χ3n) is 6.96. The van der Waals surface area contributed by atoms with Crippen LogP contribution in [0.25, 0.3) is 21.3 Å². The van der Waals surface area contributed by atoms with Gasteiger partial charge in [-0.1, -0.05) is 6.07 Å². The summed E-state index contributed by atoms with van der Waals surface area (Å²) in [5, 5.41) is 4.37. The summed E-state index contributed by atoms with van der Waals surface area (Å²) in [5.41, 5.74) is 2.75. The highest BCUT2D eigenvalue weighted by Crippen LogP contribution is 2.48. The number of nitrogens with zero attached hydrogens (tertiary/aromatic N) is 3. The number of rotatable bonds is 5. The molecule has 7 nitrogen and oxygen atoms in total. The van der Waals surface area contributed by atoms with E-state index in [-0.39, 0.29) is 16.0 Å². The predicted octanol–water partition coefficient (Wildman–Crippen LogP) is 4.11. The van der Waals surface area contributed by atoms with Crippen LogP contribution in [0, 0.1) is 5.41 Å². The molecule has 0 radical (unpaired) electrons. The number of H-pyrrole nitrogens is 2. The quantitative estimate of drug-likeness (QED) is 0.393. The van der Waals surface area contributed by atoms with E-state index >= 15 is 0 Å². The molecule has 6 rings (SSSR count). The molecule has 1 saturated carbocycles. The van der Waals surface area contributed by atoms with Gasteiger partial charge < -0.3 is 20.2 Å². The van der Waals surface area contributed by atoms with Gasteiger partial charge in [-0.2, -0.15) is 13.2 Å². The molecule has 4 heterocycles. The lowest BCUT2D eigenvalue weighted by Gasteiger charge is -2.49. The van der Waals surface area contributed by atoms with Crippen LogP contribution >= 0.6 is 11.3 Å². The molecule has 34 heavy (non-hydrogen) atoms. The van der Waals surface area contributed by atoms with E-state index in [2.05, 4.69) is 30.2 Å². The summed E-state index contributed by atoms with van der Waals surface area (Å²) < 4.78 is 38.5. The Morgan fingerprint density at radius 1 is 1.18 bits per heavy atom. The average Bonchev–Trinajstić information content (AvgIpc) is 3.44. The van der Waals surface area contributed by atoms with Gasteiger partial charge >= 0.3 is 11.9 Å². The summed E-state index contributed by atoms with van der Waals surface area (Å²) in [7, 11) is 0. The number of alkyl halides is 3. The van der Waals surface area contributed by atoms with Crippen LogP contribution < -0.4 is 15.9 Å². The van der Waals surface area contributed by atoms with Crippen molar-refractivity contribution in [3.63, 3.8) is 0 Å². The van der Waals surface area contributed by atoms with Crippen LogP contribution in [0.4, 0.5) is 19.0 Å². The SMILES string of the molecule is O=c1[nH]c2ccc(CN[C@H]3CCC4(C3)CN(c3ncnc5sc(CC(F)(F)F)cc35)C4)cc2[nH]1. The highest BCUT2D eigenvalue weighted by Gasteiger charge is 2.48. The third-order valence-corrected chi connectivity index (χ3v) is 8.01. The van der Waals surface area contributed by atoms with E-state index in [9.17, 15) is 18.0 Å². The zero-order valence-corrected chi connectivity index (χ0v) is 19.0. The summed E-state index contributed by atoms with van der Waals surface area (Å²) in [6, 6.07) is 7.93. The number of aromatic amines is 2. The number of fused-ring (bicyclic) bond motifs is 2. The molecule has 2 fully saturated rings. The van der Waals surface area contributed by atoms with Gasteiger partial charge in [-0.25, -0.2) is 14.8 Å². The van der Waals surface area contributed by atoms with E-state index in [1.165, 1.54) is 6.33 Å². The minimum atomic E-state index is -4.23. The Balaban J connectivity index is 1.09. The van der Waals surface area contributed by atoms with Gasteiger partial charge in [-0.3, -0.25) is 0 Å². The summed E-state index contributed by atoms with van der Waals surface area (Å²) >= 11 is 1.09. The Kier molecular flexibility index (Phi) is 4.96. The van der Waals surface area contributed by atoms with Crippen LogP contribution in [0.5, 0.6) is 0 Å². The summed E-state index contributed by atoms with van der Waals surface area (Å²) in [6.45, 7) is 2.45. The van der Waals surface area contributed by atoms with Crippen LogP contribution in [0.3, 0.4) is 0 Å². The number of benzene rings is 1. The number of hydrogen-bond donors (Lipinski definition) is 3. The van der Waals surface area contributed by atoms with Gasteiger partial charge in [0.05, 0.1) is 22.8 Å². The Labute approximate surface area is 196 Å². The van der Waals surface area contributed by atoms with E-state index in [1.54, 1.807) is 6.07 Å². The van der Waals surface area contributed by atoms with Gasteiger partial charge in [-0.05, 0) is 43.0 Å². The minimum Gasteiger partial charge on any atom is -0.355 e. The number of halogens is 3. The maximum absolute atomic E-state index is 12.8. The molecule has 11 heteroatoms. The fourth-order valence-corrected chi connectivity index (χ4v) is 6.48. The average molecular weight is 489 g/mol. The molecule has 4 aromatic rings. The number of aromatic nitrogens is 4. The molecule has 1 aliphatic heterocycles. The largest absolute Gasteiger partial charge is 0.393 e. The molecule has 1 saturated heterocycles. The van der Waals surface area contributed by atoms with Crippen molar-refractivity contribution in [1.29, 1.82) is 0 Å². The molecule has 178 valence electrons. The molecule has 3 N–H and O–H groups in total. The number of hydrogen-bond acceptors (Lipinski definition) is 6. The van der Waals surface area contributed by atoms with Crippen LogP contribution in [-0.4, -0.2) is 45.2 Å². The zero-order valence-electron chi connectivity index (χ0n) is 18.2. The summed E-state index contributed by atoms with van der Waals surface area (Å²) in [4.78, 5) is 28.7. The van der Waals surface area contributed by atoms with Crippen molar-refractivity contribution < 1.29 is 13.2 Å². The first kappa shape index (κ1) is 21.6. The molecular weight excluding hydrogens is 465 g/mol. The highest BCUT2D eigenvalue weighted by molar-refractivity contribution is 7.18. The van der Waals surface area contributed by atoms with Gasteiger partial charge in [0.2, 0.25) is 0 Å². The van der Waals surface area contributed by atoms with E-state index < -0.39 is 12.6 Å². The smallest absolute Gasteiger partial charge is 0.355 e. The molecule has 0 unspecified atom stereocenters. The van der Waals surface area contributed by atoms with Gasteiger partial charge in [0.15, 0.2) is 0 Å². The lowest BCUT2D eigenvalue weighted by molar-refractivity contribution is -0.126. The van der Waals surface area contributed by atoms with Gasteiger partial charge in [-0.15, -0.1) is 11.3 Å². The van der Waals surface area contributed by atoms with Crippen molar-refractivity contribution in [2.24, 2.45) is 5.41 Å². The first-order chi connectivity index (χ1) is 16.3. The van der Waals surface area contributed by atoms with Gasteiger partial charge in [0.1, 0.15) is 17.0 Å². The second-order valence-electron chi connectivity index (χ2n) is 9.56.